The molecular weight excluding hydrogens is 381 g/mol. The zero-order valence-electron chi connectivity index (χ0n) is 15.6. The standard InChI is InChI=1S/C21H26ClN3O.ClH/c1-16-6-2-3-7-17(16)13-25(14-20-10-5-11-23-20)15-21(26)24-19-9-4-8-18(22)12-19;/h2-4,6-9,12,20,23H,5,10-11,13-15H2,1H3,(H,24,26);1H/t20-;/m0./s1. The van der Waals surface area contributed by atoms with Crippen molar-refractivity contribution in [2.45, 2.75) is 32.4 Å². The number of hydrogen-bond acceptors (Lipinski definition) is 3. The molecule has 0 aromatic heterocycles. The summed E-state index contributed by atoms with van der Waals surface area (Å²) in [7, 11) is 0. The fraction of sp³-hybridized carbons (Fsp3) is 0.381. The second-order valence-electron chi connectivity index (χ2n) is 6.95. The van der Waals surface area contributed by atoms with Crippen molar-refractivity contribution in [2.24, 2.45) is 0 Å². The Morgan fingerprint density at radius 1 is 1.26 bits per heavy atom. The van der Waals surface area contributed by atoms with Gasteiger partial charge in [0, 0.05) is 29.8 Å². The molecule has 1 aliphatic heterocycles. The van der Waals surface area contributed by atoms with Crippen LogP contribution in [0.15, 0.2) is 48.5 Å². The first kappa shape index (κ1) is 21.7. The highest BCUT2D eigenvalue weighted by atomic mass is 35.5. The van der Waals surface area contributed by atoms with Crippen molar-refractivity contribution in [1.29, 1.82) is 0 Å². The van der Waals surface area contributed by atoms with Gasteiger partial charge in [0.1, 0.15) is 0 Å². The maximum Gasteiger partial charge on any atom is 0.238 e. The number of nitrogens with one attached hydrogen (secondary N) is 2. The van der Waals surface area contributed by atoms with E-state index in [1.54, 1.807) is 12.1 Å². The zero-order chi connectivity index (χ0) is 18.4. The van der Waals surface area contributed by atoms with Crippen LogP contribution in [0.2, 0.25) is 5.02 Å². The molecule has 1 heterocycles. The predicted octanol–water partition coefficient (Wildman–Crippen LogP) is 4.26. The van der Waals surface area contributed by atoms with Crippen molar-refractivity contribution in [3.05, 3.63) is 64.7 Å². The largest absolute Gasteiger partial charge is 0.325 e. The molecule has 2 aromatic rings. The van der Waals surface area contributed by atoms with Crippen molar-refractivity contribution in [3.63, 3.8) is 0 Å². The minimum Gasteiger partial charge on any atom is -0.325 e. The number of anilines is 1. The van der Waals surface area contributed by atoms with E-state index in [1.165, 1.54) is 24.0 Å². The van der Waals surface area contributed by atoms with Gasteiger partial charge in [0.15, 0.2) is 0 Å². The summed E-state index contributed by atoms with van der Waals surface area (Å²) in [5, 5.41) is 7.10. The number of carbonyl (C=O) groups excluding carboxylic acids is 1. The van der Waals surface area contributed by atoms with Gasteiger partial charge in [-0.25, -0.2) is 0 Å². The molecule has 0 bridgehead atoms. The SMILES string of the molecule is Cc1ccccc1CN(CC(=O)Nc1cccc(Cl)c1)C[C@@H]1CCCN1.Cl. The molecule has 0 saturated carbocycles. The molecule has 0 spiro atoms. The number of rotatable bonds is 7. The number of carbonyl (C=O) groups is 1. The van der Waals surface area contributed by atoms with Crippen LogP contribution in [0.3, 0.4) is 0 Å². The molecule has 2 aromatic carbocycles. The van der Waals surface area contributed by atoms with E-state index < -0.39 is 0 Å². The molecule has 1 amide bonds. The number of nitrogens with zero attached hydrogens (tertiary/aromatic N) is 1. The van der Waals surface area contributed by atoms with Gasteiger partial charge >= 0.3 is 0 Å². The number of aryl methyl sites for hydroxylation is 1. The maximum absolute atomic E-state index is 12.6. The fourth-order valence-electron chi connectivity index (χ4n) is 3.41. The average Bonchev–Trinajstić information content (AvgIpc) is 3.10. The molecule has 1 aliphatic rings. The minimum absolute atomic E-state index is 0. The lowest BCUT2D eigenvalue weighted by atomic mass is 10.1. The molecule has 27 heavy (non-hydrogen) atoms. The molecule has 1 fully saturated rings. The third-order valence-electron chi connectivity index (χ3n) is 4.77. The molecule has 3 rings (SSSR count). The Bertz CT molecular complexity index is 748. The van der Waals surface area contributed by atoms with Crippen LogP contribution < -0.4 is 10.6 Å². The van der Waals surface area contributed by atoms with Crippen molar-refractivity contribution in [2.75, 3.05) is 25.0 Å². The number of amides is 1. The molecule has 0 unspecified atom stereocenters. The quantitative estimate of drug-likeness (QED) is 0.720. The smallest absolute Gasteiger partial charge is 0.238 e. The molecule has 1 atom stereocenters. The Kier molecular flexibility index (Phi) is 8.58. The van der Waals surface area contributed by atoms with Gasteiger partial charge in [0.2, 0.25) is 5.91 Å². The van der Waals surface area contributed by atoms with Gasteiger partial charge < -0.3 is 10.6 Å². The van der Waals surface area contributed by atoms with Crippen LogP contribution >= 0.6 is 24.0 Å². The lowest BCUT2D eigenvalue weighted by Gasteiger charge is -2.26. The summed E-state index contributed by atoms with van der Waals surface area (Å²) < 4.78 is 0. The minimum atomic E-state index is -0.0150. The summed E-state index contributed by atoms with van der Waals surface area (Å²) in [6, 6.07) is 16.1. The van der Waals surface area contributed by atoms with Crippen LogP contribution in [0.5, 0.6) is 0 Å². The van der Waals surface area contributed by atoms with Gasteiger partial charge in [0.25, 0.3) is 0 Å². The fourth-order valence-corrected chi connectivity index (χ4v) is 3.60. The molecule has 2 N–H and O–H groups in total. The van der Waals surface area contributed by atoms with Crippen LogP contribution in [-0.4, -0.2) is 36.5 Å². The van der Waals surface area contributed by atoms with E-state index in [-0.39, 0.29) is 18.3 Å². The average molecular weight is 408 g/mol. The van der Waals surface area contributed by atoms with E-state index in [0.717, 1.165) is 25.3 Å². The molecule has 0 aliphatic carbocycles. The Hall–Kier alpha value is -1.59. The van der Waals surface area contributed by atoms with Gasteiger partial charge in [-0.05, 0) is 55.6 Å². The van der Waals surface area contributed by atoms with E-state index in [1.807, 2.05) is 18.2 Å². The second kappa shape index (κ2) is 10.7. The van der Waals surface area contributed by atoms with Crippen molar-refractivity contribution < 1.29 is 4.79 Å². The lowest BCUT2D eigenvalue weighted by molar-refractivity contribution is -0.117. The normalized spacial score (nSPS) is 16.2. The van der Waals surface area contributed by atoms with E-state index in [4.69, 9.17) is 11.6 Å². The first-order chi connectivity index (χ1) is 12.6. The predicted molar refractivity (Wildman–Crippen MR) is 115 cm³/mol. The first-order valence-corrected chi connectivity index (χ1v) is 9.53. The summed E-state index contributed by atoms with van der Waals surface area (Å²) in [6.45, 7) is 5.19. The van der Waals surface area contributed by atoms with Crippen LogP contribution in [0.1, 0.15) is 24.0 Å². The maximum atomic E-state index is 12.6. The summed E-state index contributed by atoms with van der Waals surface area (Å²) in [5.41, 5.74) is 3.26. The highest BCUT2D eigenvalue weighted by Crippen LogP contribution is 2.16. The highest BCUT2D eigenvalue weighted by molar-refractivity contribution is 6.30. The summed E-state index contributed by atoms with van der Waals surface area (Å²) in [4.78, 5) is 14.8. The van der Waals surface area contributed by atoms with Crippen molar-refractivity contribution in [3.8, 4) is 0 Å². The lowest BCUT2D eigenvalue weighted by Crippen LogP contribution is -2.41. The highest BCUT2D eigenvalue weighted by Gasteiger charge is 2.20. The van der Waals surface area contributed by atoms with E-state index >= 15 is 0 Å². The first-order valence-electron chi connectivity index (χ1n) is 9.16. The second-order valence-corrected chi connectivity index (χ2v) is 7.38. The molecule has 6 heteroatoms. The van der Waals surface area contributed by atoms with Crippen LogP contribution in [0, 0.1) is 6.92 Å². The van der Waals surface area contributed by atoms with Crippen LogP contribution in [0.4, 0.5) is 5.69 Å². The zero-order valence-corrected chi connectivity index (χ0v) is 17.2. The monoisotopic (exact) mass is 407 g/mol. The van der Waals surface area contributed by atoms with Gasteiger partial charge in [-0.15, -0.1) is 12.4 Å². The molecule has 1 saturated heterocycles. The number of benzene rings is 2. The molecule has 4 nitrogen and oxygen atoms in total. The van der Waals surface area contributed by atoms with Gasteiger partial charge in [0.05, 0.1) is 6.54 Å². The van der Waals surface area contributed by atoms with E-state index in [2.05, 4.69) is 40.7 Å². The van der Waals surface area contributed by atoms with E-state index in [9.17, 15) is 4.79 Å². The Morgan fingerprint density at radius 2 is 2.07 bits per heavy atom. The van der Waals surface area contributed by atoms with Crippen LogP contribution in [-0.2, 0) is 11.3 Å². The van der Waals surface area contributed by atoms with Crippen molar-refractivity contribution >= 4 is 35.6 Å². The van der Waals surface area contributed by atoms with Crippen molar-refractivity contribution in [1.82, 2.24) is 10.2 Å². The number of halogens is 2. The molecule has 146 valence electrons. The number of hydrogen-bond donors (Lipinski definition) is 2. The topological polar surface area (TPSA) is 44.4 Å². The summed E-state index contributed by atoms with van der Waals surface area (Å²) in [5.74, 6) is -0.0150. The molecule has 0 radical (unpaired) electrons. The summed E-state index contributed by atoms with van der Waals surface area (Å²) in [6.07, 6.45) is 2.37. The van der Waals surface area contributed by atoms with Gasteiger partial charge in [-0.2, -0.15) is 0 Å². The third kappa shape index (κ3) is 6.82. The Balaban J connectivity index is 0.00000261. The van der Waals surface area contributed by atoms with E-state index in [0.29, 0.717) is 17.6 Å². The molecular formula is C21H27Cl2N3O. The van der Waals surface area contributed by atoms with Crippen LogP contribution in [0.25, 0.3) is 0 Å². The van der Waals surface area contributed by atoms with Gasteiger partial charge in [-0.1, -0.05) is 41.9 Å². The third-order valence-corrected chi connectivity index (χ3v) is 5.01. The summed E-state index contributed by atoms with van der Waals surface area (Å²) >= 11 is 6.00. The Labute approximate surface area is 172 Å². The Morgan fingerprint density at radius 3 is 2.78 bits per heavy atom. The van der Waals surface area contributed by atoms with Gasteiger partial charge in [-0.3, -0.25) is 9.69 Å².